The predicted molar refractivity (Wildman–Crippen MR) is 104 cm³/mol. The fraction of sp³-hybridized carbons (Fsp3) is 0.409. The van der Waals surface area contributed by atoms with Gasteiger partial charge in [0.25, 0.3) is 0 Å². The summed E-state index contributed by atoms with van der Waals surface area (Å²) in [7, 11) is 3.30. The van der Waals surface area contributed by atoms with Crippen molar-refractivity contribution >= 4 is 5.91 Å². The number of ether oxygens (including phenoxy) is 3. The Morgan fingerprint density at radius 2 is 1.52 bits per heavy atom. The highest BCUT2D eigenvalue weighted by Gasteiger charge is 2.34. The Balaban J connectivity index is 1.66. The number of benzene rings is 2. The largest absolute Gasteiger partial charge is 0.497 e. The van der Waals surface area contributed by atoms with Crippen LogP contribution in [-0.4, -0.2) is 39.9 Å². The molecule has 0 radical (unpaired) electrons. The number of carbonyl (C=O) groups is 1. The fourth-order valence-corrected chi connectivity index (χ4v) is 3.53. The van der Waals surface area contributed by atoms with Gasteiger partial charge in [-0.3, -0.25) is 4.79 Å². The maximum absolute atomic E-state index is 12.5. The second-order valence-corrected chi connectivity index (χ2v) is 6.92. The molecule has 0 spiro atoms. The lowest BCUT2D eigenvalue weighted by atomic mass is 9.74. The minimum Gasteiger partial charge on any atom is -0.497 e. The first kappa shape index (κ1) is 19.2. The second-order valence-electron chi connectivity index (χ2n) is 6.92. The van der Waals surface area contributed by atoms with Crippen LogP contribution < -0.4 is 14.8 Å². The smallest absolute Gasteiger partial charge is 0.224 e. The van der Waals surface area contributed by atoms with Crippen molar-refractivity contribution in [3.63, 3.8) is 0 Å². The Kier molecular flexibility index (Phi) is 6.35. The van der Waals surface area contributed by atoms with E-state index in [1.54, 1.807) is 14.2 Å². The molecule has 5 nitrogen and oxygen atoms in total. The normalized spacial score (nSPS) is 15.8. The van der Waals surface area contributed by atoms with E-state index in [1.807, 2.05) is 36.4 Å². The number of nitrogens with one attached hydrogen (secondary N) is 1. The molecule has 2 aromatic carbocycles. The number of amides is 1. The monoisotopic (exact) mass is 369 g/mol. The molecule has 1 aliphatic rings. The van der Waals surface area contributed by atoms with Gasteiger partial charge in [0.05, 0.1) is 20.6 Å². The molecule has 0 unspecified atom stereocenters. The zero-order valence-corrected chi connectivity index (χ0v) is 16.0. The molecule has 27 heavy (non-hydrogen) atoms. The van der Waals surface area contributed by atoms with E-state index in [9.17, 15) is 4.79 Å². The average molecular weight is 369 g/mol. The zero-order valence-electron chi connectivity index (χ0n) is 16.0. The van der Waals surface area contributed by atoms with Gasteiger partial charge in [-0.25, -0.2) is 0 Å². The molecule has 1 heterocycles. The molecule has 0 aliphatic carbocycles. The van der Waals surface area contributed by atoms with Gasteiger partial charge < -0.3 is 19.5 Å². The van der Waals surface area contributed by atoms with Crippen molar-refractivity contribution in [2.45, 2.75) is 24.7 Å². The topological polar surface area (TPSA) is 56.8 Å². The lowest BCUT2D eigenvalue weighted by Crippen LogP contribution is -2.45. The molecule has 0 saturated carbocycles. The number of methoxy groups -OCH3 is 2. The zero-order chi connectivity index (χ0) is 19.1. The van der Waals surface area contributed by atoms with Crippen LogP contribution in [0, 0.1) is 0 Å². The van der Waals surface area contributed by atoms with Crippen molar-refractivity contribution in [3.8, 4) is 11.5 Å². The van der Waals surface area contributed by atoms with Crippen LogP contribution in [0.4, 0.5) is 0 Å². The third kappa shape index (κ3) is 4.80. The van der Waals surface area contributed by atoms with Crippen molar-refractivity contribution in [3.05, 3.63) is 59.7 Å². The van der Waals surface area contributed by atoms with Crippen molar-refractivity contribution in [2.75, 3.05) is 34.0 Å². The summed E-state index contributed by atoms with van der Waals surface area (Å²) in [5, 5.41) is 3.14. The molecular formula is C22H27NO4. The summed E-state index contributed by atoms with van der Waals surface area (Å²) in [4.78, 5) is 12.5. The van der Waals surface area contributed by atoms with Crippen molar-refractivity contribution in [2.24, 2.45) is 0 Å². The van der Waals surface area contributed by atoms with Gasteiger partial charge in [0.2, 0.25) is 5.91 Å². The Labute approximate surface area is 160 Å². The van der Waals surface area contributed by atoms with E-state index in [0.29, 0.717) is 26.2 Å². The first-order valence-corrected chi connectivity index (χ1v) is 9.27. The molecule has 0 aromatic heterocycles. The molecule has 1 N–H and O–H groups in total. The molecule has 3 rings (SSSR count). The Hall–Kier alpha value is -2.53. The Morgan fingerprint density at radius 1 is 0.963 bits per heavy atom. The first-order chi connectivity index (χ1) is 13.1. The van der Waals surface area contributed by atoms with Gasteiger partial charge >= 0.3 is 0 Å². The molecule has 0 bridgehead atoms. The van der Waals surface area contributed by atoms with E-state index in [-0.39, 0.29) is 11.3 Å². The van der Waals surface area contributed by atoms with Crippen LogP contribution in [0.2, 0.25) is 0 Å². The van der Waals surface area contributed by atoms with E-state index in [2.05, 4.69) is 17.4 Å². The Bertz CT molecular complexity index is 734. The summed E-state index contributed by atoms with van der Waals surface area (Å²) < 4.78 is 16.0. The van der Waals surface area contributed by atoms with Crippen LogP contribution in [-0.2, 0) is 21.4 Å². The SMILES string of the molecule is COc1ccc(CC(=O)NCC2(c3ccc(OC)cc3)CCOCC2)cc1. The number of rotatable bonds is 7. The maximum Gasteiger partial charge on any atom is 0.224 e. The summed E-state index contributed by atoms with van der Waals surface area (Å²) in [6.45, 7) is 2.03. The molecule has 1 saturated heterocycles. The second kappa shape index (κ2) is 8.91. The van der Waals surface area contributed by atoms with Crippen LogP contribution in [0.1, 0.15) is 24.0 Å². The van der Waals surface area contributed by atoms with Gasteiger partial charge in [0.15, 0.2) is 0 Å². The fourth-order valence-electron chi connectivity index (χ4n) is 3.53. The third-order valence-electron chi connectivity index (χ3n) is 5.30. The highest BCUT2D eigenvalue weighted by molar-refractivity contribution is 5.78. The summed E-state index contributed by atoms with van der Waals surface area (Å²) in [5.41, 5.74) is 2.09. The molecule has 0 atom stereocenters. The van der Waals surface area contributed by atoms with E-state index in [4.69, 9.17) is 14.2 Å². The van der Waals surface area contributed by atoms with Gasteiger partial charge in [0.1, 0.15) is 11.5 Å². The van der Waals surface area contributed by atoms with Crippen LogP contribution in [0.5, 0.6) is 11.5 Å². The van der Waals surface area contributed by atoms with Gasteiger partial charge in [-0.15, -0.1) is 0 Å². The van der Waals surface area contributed by atoms with Gasteiger partial charge in [0, 0.05) is 25.2 Å². The van der Waals surface area contributed by atoms with Gasteiger partial charge in [-0.2, -0.15) is 0 Å². The highest BCUT2D eigenvalue weighted by atomic mass is 16.5. The Morgan fingerprint density at radius 3 is 2.07 bits per heavy atom. The number of carbonyl (C=O) groups excluding carboxylic acids is 1. The molecule has 5 heteroatoms. The molecule has 2 aromatic rings. The summed E-state index contributed by atoms with van der Waals surface area (Å²) in [6, 6.07) is 15.7. The van der Waals surface area contributed by atoms with Gasteiger partial charge in [-0.1, -0.05) is 24.3 Å². The minimum atomic E-state index is -0.0971. The molecule has 1 aliphatic heterocycles. The number of hydrogen-bond acceptors (Lipinski definition) is 4. The first-order valence-electron chi connectivity index (χ1n) is 9.27. The van der Waals surface area contributed by atoms with E-state index in [1.165, 1.54) is 5.56 Å². The summed E-state index contributed by atoms with van der Waals surface area (Å²) in [5.74, 6) is 1.66. The van der Waals surface area contributed by atoms with Crippen molar-refractivity contribution in [1.82, 2.24) is 5.32 Å². The molecular weight excluding hydrogens is 342 g/mol. The van der Waals surface area contributed by atoms with Crippen LogP contribution in [0.15, 0.2) is 48.5 Å². The lowest BCUT2D eigenvalue weighted by molar-refractivity contribution is -0.120. The summed E-state index contributed by atoms with van der Waals surface area (Å²) in [6.07, 6.45) is 2.14. The van der Waals surface area contributed by atoms with E-state index < -0.39 is 0 Å². The summed E-state index contributed by atoms with van der Waals surface area (Å²) >= 11 is 0. The molecule has 1 fully saturated rings. The van der Waals surface area contributed by atoms with Crippen molar-refractivity contribution < 1.29 is 19.0 Å². The standard InChI is InChI=1S/C22H27NO4/c1-25-19-7-3-17(4-8-19)15-21(24)23-16-22(11-13-27-14-12-22)18-5-9-20(26-2)10-6-18/h3-10H,11-16H2,1-2H3,(H,23,24). The predicted octanol–water partition coefficient (Wildman–Crippen LogP) is 3.11. The average Bonchev–Trinajstić information content (AvgIpc) is 2.73. The minimum absolute atomic E-state index is 0.0274. The van der Waals surface area contributed by atoms with Gasteiger partial charge in [-0.05, 0) is 48.2 Å². The van der Waals surface area contributed by atoms with Crippen molar-refractivity contribution in [1.29, 1.82) is 0 Å². The third-order valence-corrected chi connectivity index (χ3v) is 5.30. The lowest BCUT2D eigenvalue weighted by Gasteiger charge is -2.38. The van der Waals surface area contributed by atoms with Crippen LogP contribution in [0.25, 0.3) is 0 Å². The highest BCUT2D eigenvalue weighted by Crippen LogP contribution is 2.35. The van der Waals surface area contributed by atoms with E-state index in [0.717, 1.165) is 29.9 Å². The van der Waals surface area contributed by atoms with Crippen LogP contribution in [0.3, 0.4) is 0 Å². The molecule has 1 amide bonds. The molecule has 144 valence electrons. The number of hydrogen-bond donors (Lipinski definition) is 1. The van der Waals surface area contributed by atoms with E-state index >= 15 is 0 Å². The van der Waals surface area contributed by atoms with Crippen LogP contribution >= 0.6 is 0 Å². The quantitative estimate of drug-likeness (QED) is 0.815. The maximum atomic E-state index is 12.5.